The quantitative estimate of drug-likeness (QED) is 0.319. The zero-order valence-corrected chi connectivity index (χ0v) is 32.7. The summed E-state index contributed by atoms with van der Waals surface area (Å²) in [6.45, 7) is 7.29. The second-order valence-electron chi connectivity index (χ2n) is 15.6. The van der Waals surface area contributed by atoms with E-state index in [9.17, 15) is 27.6 Å². The number of hydrogen-bond acceptors (Lipinski definition) is 11. The lowest BCUT2D eigenvalue weighted by Gasteiger charge is -2.30. The smallest absolute Gasteiger partial charge is 0.408 e. The SMILES string of the molecule is CCOc1cc(O[C@@H]2C[C@H]3C(=O)N[C@]4(C(=O)NS(=O)(=O)OC5CC5)C[C@H]4CCCCCCC[C@H](NC(=O)OC(C)(C)C)C(=O)N3C2)c2cccc(Cl)c2n1. The first-order chi connectivity index (χ1) is 25.6. The van der Waals surface area contributed by atoms with Crippen LogP contribution in [0.4, 0.5) is 4.79 Å². The van der Waals surface area contributed by atoms with Crippen molar-refractivity contribution in [1.82, 2.24) is 25.2 Å². The minimum atomic E-state index is -4.40. The van der Waals surface area contributed by atoms with Crippen molar-refractivity contribution in [2.75, 3.05) is 13.2 Å². The second kappa shape index (κ2) is 16.1. The highest BCUT2D eigenvalue weighted by Gasteiger charge is 2.62. The highest BCUT2D eigenvalue weighted by molar-refractivity contribution is 7.85. The molecule has 1 aromatic heterocycles. The second-order valence-corrected chi connectivity index (χ2v) is 17.3. The number of aromatic nitrogens is 1. The van der Waals surface area contributed by atoms with Gasteiger partial charge in [-0.1, -0.05) is 49.8 Å². The number of para-hydroxylation sites is 1. The van der Waals surface area contributed by atoms with Crippen molar-refractivity contribution in [3.05, 3.63) is 29.3 Å². The Kier molecular flexibility index (Phi) is 11.8. The first-order valence-corrected chi connectivity index (χ1v) is 20.6. The number of hydrogen-bond donors (Lipinski definition) is 3. The number of rotatable bonds is 9. The van der Waals surface area contributed by atoms with E-state index in [4.69, 9.17) is 30.0 Å². The molecule has 5 atom stereocenters. The van der Waals surface area contributed by atoms with Gasteiger partial charge in [0.2, 0.25) is 17.7 Å². The van der Waals surface area contributed by atoms with Crippen LogP contribution in [0.15, 0.2) is 24.3 Å². The third-order valence-corrected chi connectivity index (χ3v) is 11.3. The maximum Gasteiger partial charge on any atom is 0.408 e. The Balaban J connectivity index is 1.32. The van der Waals surface area contributed by atoms with Gasteiger partial charge < -0.3 is 29.7 Å². The molecule has 15 nitrogen and oxygen atoms in total. The van der Waals surface area contributed by atoms with Gasteiger partial charge in [0.1, 0.15) is 35.1 Å². The molecular formula is C37H50ClN5O10S. The van der Waals surface area contributed by atoms with Crippen molar-refractivity contribution in [2.24, 2.45) is 5.92 Å². The lowest BCUT2D eigenvalue weighted by molar-refractivity contribution is -0.141. The van der Waals surface area contributed by atoms with Crippen LogP contribution in [0, 0.1) is 5.92 Å². The lowest BCUT2D eigenvalue weighted by Crippen LogP contribution is -2.58. The van der Waals surface area contributed by atoms with Crippen LogP contribution in [0.2, 0.25) is 5.02 Å². The molecule has 3 heterocycles. The lowest BCUT2D eigenvalue weighted by atomic mass is 10.0. The van der Waals surface area contributed by atoms with Crippen LogP contribution in [-0.4, -0.2) is 90.7 Å². The first-order valence-electron chi connectivity index (χ1n) is 18.8. The molecule has 4 fully saturated rings. The van der Waals surface area contributed by atoms with Gasteiger partial charge in [-0.3, -0.25) is 18.6 Å². The summed E-state index contributed by atoms with van der Waals surface area (Å²) in [5.74, 6) is -1.67. The molecular weight excluding hydrogens is 742 g/mol. The zero-order chi connectivity index (χ0) is 38.8. The number of benzene rings is 1. The number of pyridine rings is 1. The van der Waals surface area contributed by atoms with Crippen LogP contribution in [0.3, 0.4) is 0 Å². The van der Waals surface area contributed by atoms with Gasteiger partial charge in [0.25, 0.3) is 5.91 Å². The van der Waals surface area contributed by atoms with Gasteiger partial charge in [0, 0.05) is 17.9 Å². The van der Waals surface area contributed by atoms with Crippen LogP contribution in [-0.2, 0) is 33.6 Å². The molecule has 4 aliphatic rings. The molecule has 0 radical (unpaired) electrons. The summed E-state index contributed by atoms with van der Waals surface area (Å²) in [6, 6.07) is 4.73. The molecule has 2 aromatic rings. The van der Waals surface area contributed by atoms with E-state index >= 15 is 0 Å². The summed E-state index contributed by atoms with van der Waals surface area (Å²) in [7, 11) is -4.40. The van der Waals surface area contributed by atoms with Crippen LogP contribution >= 0.6 is 11.6 Å². The van der Waals surface area contributed by atoms with Gasteiger partial charge in [0.15, 0.2) is 0 Å². The van der Waals surface area contributed by atoms with Gasteiger partial charge in [-0.2, -0.15) is 8.42 Å². The van der Waals surface area contributed by atoms with Gasteiger partial charge in [-0.25, -0.2) is 14.5 Å². The van der Waals surface area contributed by atoms with Crippen LogP contribution in [0.5, 0.6) is 11.6 Å². The number of halogens is 1. The fourth-order valence-electron chi connectivity index (χ4n) is 7.25. The monoisotopic (exact) mass is 791 g/mol. The summed E-state index contributed by atoms with van der Waals surface area (Å²) in [4.78, 5) is 61.5. The van der Waals surface area contributed by atoms with E-state index < -0.39 is 69.6 Å². The Morgan fingerprint density at radius 3 is 2.48 bits per heavy atom. The Morgan fingerprint density at radius 2 is 1.78 bits per heavy atom. The zero-order valence-electron chi connectivity index (χ0n) is 31.2. The average molecular weight is 792 g/mol. The molecule has 3 N–H and O–H groups in total. The molecule has 54 heavy (non-hydrogen) atoms. The molecule has 2 saturated heterocycles. The van der Waals surface area contributed by atoms with Gasteiger partial charge in [-0.05, 0) is 77.8 Å². The van der Waals surface area contributed by atoms with Crippen LogP contribution in [0.1, 0.15) is 98.3 Å². The molecule has 2 saturated carbocycles. The van der Waals surface area contributed by atoms with Gasteiger partial charge >= 0.3 is 16.4 Å². The third-order valence-electron chi connectivity index (χ3n) is 10.1. The van der Waals surface area contributed by atoms with E-state index in [1.54, 1.807) is 45.0 Å². The number of fused-ring (bicyclic) bond motifs is 3. The van der Waals surface area contributed by atoms with E-state index in [2.05, 4.69) is 15.6 Å². The number of carbonyl (C=O) groups excluding carboxylic acids is 4. The molecule has 6 rings (SSSR count). The van der Waals surface area contributed by atoms with Crippen molar-refractivity contribution in [3.8, 4) is 11.6 Å². The van der Waals surface area contributed by atoms with Crippen LogP contribution in [0.25, 0.3) is 10.9 Å². The van der Waals surface area contributed by atoms with E-state index in [0.29, 0.717) is 60.4 Å². The standard InChI is InChI=1S/C37H50ClN5O10S/c1-5-50-30-19-29(25-13-11-14-26(38)31(25)40-30)51-24-18-28-32(44)41-37(34(46)42-54(48,49)53-23-16-17-23)20-22(37)12-9-7-6-8-10-15-27(33(45)43(28)21-24)39-35(47)52-36(2,3)4/h11,13-14,19,22-24,27-28H,5-10,12,15-18,20-21H2,1-4H3,(H,39,47)(H,41,44)(H,42,46)/t22-,24-,27+,28+,37-/m1/s1. The highest BCUT2D eigenvalue weighted by Crippen LogP contribution is 2.48. The number of amides is 4. The molecule has 2 aliphatic carbocycles. The number of nitrogens with one attached hydrogen (secondary N) is 3. The summed E-state index contributed by atoms with van der Waals surface area (Å²) >= 11 is 6.50. The van der Waals surface area contributed by atoms with E-state index in [1.807, 2.05) is 11.6 Å². The topological polar surface area (TPSA) is 192 Å². The van der Waals surface area contributed by atoms with E-state index in [-0.39, 0.29) is 31.2 Å². The number of alkyl carbamates (subject to hydrolysis) is 1. The number of ether oxygens (including phenoxy) is 3. The third kappa shape index (κ3) is 9.66. The fourth-order valence-corrected chi connectivity index (χ4v) is 8.48. The predicted octanol–water partition coefficient (Wildman–Crippen LogP) is 4.69. The number of carbonyl (C=O) groups is 4. The predicted molar refractivity (Wildman–Crippen MR) is 198 cm³/mol. The molecule has 17 heteroatoms. The Bertz CT molecular complexity index is 1870. The van der Waals surface area contributed by atoms with Gasteiger partial charge in [0.05, 0.1) is 29.8 Å². The largest absolute Gasteiger partial charge is 0.488 e. The Hall–Kier alpha value is -3.89. The Labute approximate surface area is 320 Å². The molecule has 0 spiro atoms. The van der Waals surface area contributed by atoms with Crippen molar-refractivity contribution in [2.45, 2.75) is 134 Å². The van der Waals surface area contributed by atoms with Crippen LogP contribution < -0.4 is 24.8 Å². The minimum Gasteiger partial charge on any atom is -0.488 e. The minimum absolute atomic E-state index is 0.0243. The number of nitrogens with zero attached hydrogens (tertiary/aromatic N) is 2. The Morgan fingerprint density at radius 1 is 1.06 bits per heavy atom. The maximum absolute atomic E-state index is 14.5. The molecule has 296 valence electrons. The summed E-state index contributed by atoms with van der Waals surface area (Å²) in [5.41, 5.74) is -1.87. The molecule has 2 aliphatic heterocycles. The normalized spacial score (nSPS) is 26.7. The van der Waals surface area contributed by atoms with Crippen molar-refractivity contribution < 1.29 is 46.0 Å². The summed E-state index contributed by atoms with van der Waals surface area (Å²) in [6.07, 6.45) is 4.24. The molecule has 1 aromatic carbocycles. The maximum atomic E-state index is 14.5. The van der Waals surface area contributed by atoms with Gasteiger partial charge in [-0.15, -0.1) is 0 Å². The average Bonchev–Trinajstić information content (AvgIpc) is 3.98. The van der Waals surface area contributed by atoms with Crippen molar-refractivity contribution >= 4 is 56.6 Å². The molecule has 0 unspecified atom stereocenters. The van der Waals surface area contributed by atoms with E-state index in [0.717, 1.165) is 25.7 Å². The fraction of sp³-hybridized carbons (Fsp3) is 0.649. The summed E-state index contributed by atoms with van der Waals surface area (Å²) in [5, 5.41) is 6.60. The van der Waals surface area contributed by atoms with E-state index in [1.165, 1.54) is 4.90 Å². The van der Waals surface area contributed by atoms with Crippen molar-refractivity contribution in [1.29, 1.82) is 0 Å². The van der Waals surface area contributed by atoms with Crippen molar-refractivity contribution in [3.63, 3.8) is 0 Å². The summed E-state index contributed by atoms with van der Waals surface area (Å²) < 4.78 is 50.2. The molecule has 4 amide bonds. The first kappa shape index (κ1) is 39.8. The molecule has 0 bridgehead atoms. The highest BCUT2D eigenvalue weighted by atomic mass is 35.5.